The lowest BCUT2D eigenvalue weighted by atomic mass is 10.0. The molecule has 10 heteroatoms. The van der Waals surface area contributed by atoms with Gasteiger partial charge in [0, 0.05) is 30.4 Å². The maximum absolute atomic E-state index is 13.9. The summed E-state index contributed by atoms with van der Waals surface area (Å²) >= 11 is 1.55. The van der Waals surface area contributed by atoms with E-state index in [9.17, 15) is 18.8 Å². The van der Waals surface area contributed by atoms with Crippen molar-refractivity contribution in [2.75, 3.05) is 19.3 Å². The number of carbonyl (C=O) groups is 3. The average molecular weight is 473 g/mol. The summed E-state index contributed by atoms with van der Waals surface area (Å²) in [5, 5.41) is 5.61. The zero-order valence-electron chi connectivity index (χ0n) is 18.2. The highest BCUT2D eigenvalue weighted by molar-refractivity contribution is 7.98. The van der Waals surface area contributed by atoms with Crippen molar-refractivity contribution < 1.29 is 23.5 Å². The number of hydrogen-bond acceptors (Lipinski definition) is 6. The first-order chi connectivity index (χ1) is 15.9. The van der Waals surface area contributed by atoms with E-state index in [0.29, 0.717) is 44.5 Å². The van der Waals surface area contributed by atoms with Crippen molar-refractivity contribution in [2.24, 2.45) is 0 Å². The first-order valence-corrected chi connectivity index (χ1v) is 12.0. The zero-order valence-corrected chi connectivity index (χ0v) is 19.0. The number of aromatic nitrogens is 1. The summed E-state index contributed by atoms with van der Waals surface area (Å²) in [7, 11) is 0. The van der Waals surface area contributed by atoms with E-state index in [1.54, 1.807) is 22.7 Å². The van der Waals surface area contributed by atoms with Gasteiger partial charge in [-0.2, -0.15) is 0 Å². The number of benzene rings is 1. The molecule has 8 nitrogen and oxygen atoms in total. The van der Waals surface area contributed by atoms with Crippen LogP contribution in [0.2, 0.25) is 0 Å². The lowest BCUT2D eigenvalue weighted by Crippen LogP contribution is -2.51. The van der Waals surface area contributed by atoms with Crippen LogP contribution in [0.3, 0.4) is 0 Å². The van der Waals surface area contributed by atoms with Crippen molar-refractivity contribution in [1.82, 2.24) is 20.5 Å². The lowest BCUT2D eigenvalue weighted by Gasteiger charge is -2.33. The van der Waals surface area contributed by atoms with Crippen molar-refractivity contribution in [3.05, 3.63) is 47.9 Å². The van der Waals surface area contributed by atoms with Crippen molar-refractivity contribution in [3.63, 3.8) is 0 Å². The molecule has 3 amide bonds. The minimum atomic E-state index is -0.635. The number of amides is 3. The Kier molecular flexibility index (Phi) is 7.12. The van der Waals surface area contributed by atoms with Gasteiger partial charge in [-0.15, -0.1) is 11.8 Å². The van der Waals surface area contributed by atoms with Crippen LogP contribution in [0.25, 0.3) is 0 Å². The van der Waals surface area contributed by atoms with Crippen LogP contribution in [0.15, 0.2) is 41.4 Å². The standard InChI is InChI=1S/C23H25FN4O4S/c1-33-17-4-2-3-16(12-17)32-22-18(11-14(24)13-25-22)21(30)26-15-7-9-28(10-8-15)23(31)19-5-6-20(29)27-19/h2-4,11-13,15,19H,5-10H2,1H3,(H,26,30)(H,27,29). The van der Waals surface area contributed by atoms with Gasteiger partial charge in [0.05, 0.1) is 6.20 Å². The average Bonchev–Trinajstić information content (AvgIpc) is 3.26. The van der Waals surface area contributed by atoms with Crippen LogP contribution in [0.4, 0.5) is 4.39 Å². The van der Waals surface area contributed by atoms with Crippen molar-refractivity contribution in [3.8, 4) is 11.6 Å². The molecular formula is C23H25FN4O4S. The first-order valence-electron chi connectivity index (χ1n) is 10.8. The number of nitrogens with zero attached hydrogens (tertiary/aromatic N) is 2. The minimum Gasteiger partial charge on any atom is -0.438 e. The molecule has 2 aromatic rings. The van der Waals surface area contributed by atoms with Crippen molar-refractivity contribution in [1.29, 1.82) is 0 Å². The molecule has 1 unspecified atom stereocenters. The number of thioether (sulfide) groups is 1. The third-order valence-electron chi connectivity index (χ3n) is 5.75. The molecule has 0 bridgehead atoms. The highest BCUT2D eigenvalue weighted by Crippen LogP contribution is 2.27. The first kappa shape index (κ1) is 23.0. The van der Waals surface area contributed by atoms with Gasteiger partial charge in [-0.3, -0.25) is 14.4 Å². The molecule has 0 spiro atoms. The Balaban J connectivity index is 1.38. The third-order valence-corrected chi connectivity index (χ3v) is 6.48. The molecule has 0 radical (unpaired) electrons. The number of hydrogen-bond donors (Lipinski definition) is 2. The van der Waals surface area contributed by atoms with Gasteiger partial charge in [0.1, 0.15) is 23.2 Å². The smallest absolute Gasteiger partial charge is 0.257 e. The van der Waals surface area contributed by atoms with Crippen LogP contribution < -0.4 is 15.4 Å². The van der Waals surface area contributed by atoms with Crippen molar-refractivity contribution in [2.45, 2.75) is 42.7 Å². The molecule has 33 heavy (non-hydrogen) atoms. The maximum Gasteiger partial charge on any atom is 0.257 e. The topological polar surface area (TPSA) is 101 Å². The second kappa shape index (κ2) is 10.2. The Bertz CT molecular complexity index is 1060. The summed E-state index contributed by atoms with van der Waals surface area (Å²) in [6.07, 6.45) is 4.97. The molecule has 2 aliphatic rings. The van der Waals surface area contributed by atoms with E-state index in [4.69, 9.17) is 4.74 Å². The summed E-state index contributed by atoms with van der Waals surface area (Å²) in [5.74, 6) is -0.770. The Labute approximate surface area is 195 Å². The van der Waals surface area contributed by atoms with Gasteiger partial charge in [0.2, 0.25) is 17.7 Å². The monoisotopic (exact) mass is 472 g/mol. The molecule has 2 aliphatic heterocycles. The predicted octanol–water partition coefficient (Wildman–Crippen LogP) is 2.73. The molecule has 1 aromatic carbocycles. The van der Waals surface area contributed by atoms with Crippen LogP contribution >= 0.6 is 11.8 Å². The van der Waals surface area contributed by atoms with E-state index in [1.807, 2.05) is 24.5 Å². The van der Waals surface area contributed by atoms with Crippen LogP contribution in [-0.2, 0) is 9.59 Å². The van der Waals surface area contributed by atoms with Gasteiger partial charge in [0.25, 0.3) is 5.91 Å². The Morgan fingerprint density at radius 3 is 2.73 bits per heavy atom. The summed E-state index contributed by atoms with van der Waals surface area (Å²) < 4.78 is 19.7. The van der Waals surface area contributed by atoms with E-state index in [1.165, 1.54) is 0 Å². The fourth-order valence-electron chi connectivity index (χ4n) is 3.97. The van der Waals surface area contributed by atoms with E-state index in [0.717, 1.165) is 17.2 Å². The molecule has 1 aromatic heterocycles. The minimum absolute atomic E-state index is 0.0109. The van der Waals surface area contributed by atoms with E-state index < -0.39 is 17.8 Å². The molecule has 0 aliphatic carbocycles. The van der Waals surface area contributed by atoms with Crippen LogP contribution in [0.5, 0.6) is 11.6 Å². The summed E-state index contributed by atoms with van der Waals surface area (Å²) in [6.45, 7) is 0.949. The highest BCUT2D eigenvalue weighted by Gasteiger charge is 2.33. The molecule has 2 saturated heterocycles. The third kappa shape index (κ3) is 5.62. The molecule has 0 saturated carbocycles. The Morgan fingerprint density at radius 2 is 2.03 bits per heavy atom. The van der Waals surface area contributed by atoms with Gasteiger partial charge in [-0.05, 0) is 49.8 Å². The molecular weight excluding hydrogens is 447 g/mol. The number of nitrogens with one attached hydrogen (secondary N) is 2. The Hall–Kier alpha value is -3.14. The molecule has 2 fully saturated rings. The number of piperidine rings is 1. The summed E-state index contributed by atoms with van der Waals surface area (Å²) in [4.78, 5) is 43.5. The maximum atomic E-state index is 13.9. The van der Waals surface area contributed by atoms with Gasteiger partial charge in [-0.1, -0.05) is 6.07 Å². The van der Waals surface area contributed by atoms with Crippen LogP contribution in [-0.4, -0.2) is 59.0 Å². The second-order valence-corrected chi connectivity index (χ2v) is 8.90. The number of ether oxygens (including phenoxy) is 1. The lowest BCUT2D eigenvalue weighted by molar-refractivity contribution is -0.135. The quantitative estimate of drug-likeness (QED) is 0.627. The second-order valence-electron chi connectivity index (χ2n) is 8.02. The fourth-order valence-corrected chi connectivity index (χ4v) is 4.42. The Morgan fingerprint density at radius 1 is 1.24 bits per heavy atom. The molecule has 4 rings (SSSR count). The number of likely N-dealkylation sites (tertiary alicyclic amines) is 1. The zero-order chi connectivity index (χ0) is 23.4. The number of rotatable bonds is 6. The van der Waals surface area contributed by atoms with Crippen molar-refractivity contribution >= 4 is 29.5 Å². The van der Waals surface area contributed by atoms with Gasteiger partial charge in [0.15, 0.2) is 0 Å². The van der Waals surface area contributed by atoms with Crippen LogP contribution in [0.1, 0.15) is 36.0 Å². The van der Waals surface area contributed by atoms with E-state index in [-0.39, 0.29) is 29.3 Å². The highest BCUT2D eigenvalue weighted by atomic mass is 32.2. The van der Waals surface area contributed by atoms with Crippen LogP contribution in [0, 0.1) is 5.82 Å². The molecule has 1 atom stereocenters. The fraction of sp³-hybridized carbons (Fsp3) is 0.391. The normalized spacial score (nSPS) is 18.7. The van der Waals surface area contributed by atoms with Gasteiger partial charge in [-0.25, -0.2) is 9.37 Å². The number of halogens is 1. The molecule has 3 heterocycles. The molecule has 174 valence electrons. The predicted molar refractivity (Wildman–Crippen MR) is 121 cm³/mol. The SMILES string of the molecule is CSc1cccc(Oc2ncc(F)cc2C(=O)NC2CCN(C(=O)C3CCC(=O)N3)CC2)c1. The number of carbonyl (C=O) groups excluding carboxylic acids is 3. The molecule has 2 N–H and O–H groups in total. The number of pyridine rings is 1. The van der Waals surface area contributed by atoms with E-state index >= 15 is 0 Å². The van der Waals surface area contributed by atoms with Gasteiger partial charge < -0.3 is 20.3 Å². The van der Waals surface area contributed by atoms with Gasteiger partial charge >= 0.3 is 0 Å². The van der Waals surface area contributed by atoms with E-state index in [2.05, 4.69) is 15.6 Å². The largest absolute Gasteiger partial charge is 0.438 e. The summed E-state index contributed by atoms with van der Waals surface area (Å²) in [6, 6.07) is 7.81. The summed E-state index contributed by atoms with van der Waals surface area (Å²) in [5.41, 5.74) is 0.0109.